The molecule has 1 aromatic carbocycles. The van der Waals surface area contributed by atoms with Gasteiger partial charge in [0.1, 0.15) is 18.1 Å². The van der Waals surface area contributed by atoms with Crippen molar-refractivity contribution in [3.8, 4) is 11.8 Å². The van der Waals surface area contributed by atoms with Gasteiger partial charge in [-0.05, 0) is 19.1 Å². The molecule has 0 saturated carbocycles. The largest absolute Gasteiger partial charge is 0.329 e. The molecule has 1 saturated heterocycles. The number of fused-ring (bicyclic) bond motifs is 1. The van der Waals surface area contributed by atoms with Crippen LogP contribution >= 0.6 is 0 Å². The number of carbonyl (C=O) groups excluding carboxylic acids is 1. The molecule has 0 aliphatic carbocycles. The van der Waals surface area contributed by atoms with E-state index in [0.29, 0.717) is 23.7 Å². The first-order valence-electron chi connectivity index (χ1n) is 10.6. The Morgan fingerprint density at radius 1 is 1.16 bits per heavy atom. The molecule has 2 aliphatic heterocycles. The number of benzene rings is 1. The van der Waals surface area contributed by atoms with Gasteiger partial charge >= 0.3 is 5.69 Å². The van der Waals surface area contributed by atoms with Crippen LogP contribution in [0, 0.1) is 11.8 Å². The van der Waals surface area contributed by atoms with Gasteiger partial charge < -0.3 is 20.4 Å². The number of rotatable bonds is 5. The van der Waals surface area contributed by atoms with Crippen LogP contribution in [0.25, 0.3) is 0 Å². The second-order valence-corrected chi connectivity index (χ2v) is 7.72. The number of hydrogen-bond acceptors (Lipinski definition) is 7. The van der Waals surface area contributed by atoms with E-state index >= 15 is 0 Å². The minimum absolute atomic E-state index is 0.0245. The van der Waals surface area contributed by atoms with E-state index in [4.69, 9.17) is 0 Å². The molecule has 32 heavy (non-hydrogen) atoms. The number of hydrogen-bond donors (Lipinski definition) is 3. The number of H-pyrrole nitrogens is 1. The van der Waals surface area contributed by atoms with Crippen LogP contribution in [0.4, 0.5) is 17.2 Å². The fourth-order valence-electron chi connectivity index (χ4n) is 4.24. The lowest BCUT2D eigenvalue weighted by atomic mass is 10.3. The first kappa shape index (κ1) is 21.7. The van der Waals surface area contributed by atoms with Crippen molar-refractivity contribution in [3.05, 3.63) is 51.2 Å². The number of anilines is 3. The third-order valence-electron chi connectivity index (χ3n) is 5.66. The monoisotopic (exact) mass is 437 g/mol. The Kier molecular flexibility index (Phi) is 6.30. The third-order valence-corrected chi connectivity index (χ3v) is 5.66. The summed E-state index contributed by atoms with van der Waals surface area (Å²) in [6.45, 7) is 5.07. The van der Waals surface area contributed by atoms with Crippen molar-refractivity contribution in [2.75, 3.05) is 54.4 Å². The summed E-state index contributed by atoms with van der Waals surface area (Å²) in [6.07, 6.45) is -0.413. The summed E-state index contributed by atoms with van der Waals surface area (Å²) >= 11 is 0. The second-order valence-electron chi connectivity index (χ2n) is 7.72. The van der Waals surface area contributed by atoms with Gasteiger partial charge in [-0.3, -0.25) is 24.0 Å². The van der Waals surface area contributed by atoms with Gasteiger partial charge in [0.2, 0.25) is 5.91 Å². The number of amides is 1. The zero-order valence-corrected chi connectivity index (χ0v) is 18.2. The molecule has 4 rings (SSSR count). The van der Waals surface area contributed by atoms with Gasteiger partial charge in [0, 0.05) is 38.9 Å². The molecule has 1 atom stereocenters. The van der Waals surface area contributed by atoms with Gasteiger partial charge in [-0.15, -0.1) is 5.92 Å². The van der Waals surface area contributed by atoms with Crippen molar-refractivity contribution in [2.45, 2.75) is 13.2 Å². The Morgan fingerprint density at radius 2 is 1.88 bits per heavy atom. The van der Waals surface area contributed by atoms with Crippen molar-refractivity contribution in [1.29, 1.82) is 0 Å². The number of aromatic nitrogens is 2. The number of aromatic amines is 1. The highest BCUT2D eigenvalue weighted by Crippen LogP contribution is 2.36. The maximum absolute atomic E-state index is 13.0. The van der Waals surface area contributed by atoms with Gasteiger partial charge in [0.15, 0.2) is 6.29 Å². The topological polar surface area (TPSA) is 106 Å². The number of nitrogens with zero attached hydrogens (tertiary/aromatic N) is 4. The van der Waals surface area contributed by atoms with Crippen LogP contribution in [0.5, 0.6) is 0 Å². The van der Waals surface area contributed by atoms with E-state index in [9.17, 15) is 14.4 Å². The van der Waals surface area contributed by atoms with E-state index in [1.165, 1.54) is 4.57 Å². The second kappa shape index (κ2) is 9.30. The molecule has 10 heteroatoms. The summed E-state index contributed by atoms with van der Waals surface area (Å²) < 4.78 is 1.39. The molecular weight excluding hydrogens is 410 g/mol. The fourth-order valence-corrected chi connectivity index (χ4v) is 4.24. The summed E-state index contributed by atoms with van der Waals surface area (Å²) in [4.78, 5) is 46.6. The van der Waals surface area contributed by atoms with Crippen LogP contribution in [-0.2, 0) is 11.8 Å². The minimum atomic E-state index is -0.523. The van der Waals surface area contributed by atoms with E-state index in [1.807, 2.05) is 40.1 Å². The highest BCUT2D eigenvalue weighted by Gasteiger charge is 2.44. The smallest absolute Gasteiger partial charge is 0.325 e. The molecule has 0 radical (unpaired) electrons. The lowest BCUT2D eigenvalue weighted by molar-refractivity contribution is -0.115. The molecule has 1 aromatic heterocycles. The van der Waals surface area contributed by atoms with Crippen molar-refractivity contribution < 1.29 is 4.79 Å². The Balaban J connectivity index is 1.76. The Morgan fingerprint density at radius 3 is 2.56 bits per heavy atom. The molecule has 2 aromatic rings. The highest BCUT2D eigenvalue weighted by atomic mass is 16.2. The number of para-hydroxylation sites is 1. The summed E-state index contributed by atoms with van der Waals surface area (Å²) in [5.74, 6) is 6.11. The van der Waals surface area contributed by atoms with Crippen LogP contribution in [0.3, 0.4) is 0 Å². The zero-order valence-electron chi connectivity index (χ0n) is 18.2. The number of piperazine rings is 1. The summed E-state index contributed by atoms with van der Waals surface area (Å²) in [5.41, 5.74) is 0.0341. The molecule has 0 spiro atoms. The fraction of sp³-hybridized carbons (Fsp3) is 0.409. The predicted octanol–water partition coefficient (Wildman–Crippen LogP) is -0.449. The van der Waals surface area contributed by atoms with Crippen LogP contribution in [0.1, 0.15) is 6.92 Å². The summed E-state index contributed by atoms with van der Waals surface area (Å²) in [6, 6.07) is 9.19. The highest BCUT2D eigenvalue weighted by molar-refractivity contribution is 5.95. The van der Waals surface area contributed by atoms with Crippen LogP contribution in [0.2, 0.25) is 0 Å². The molecule has 1 amide bonds. The molecule has 3 heterocycles. The average molecular weight is 438 g/mol. The molecule has 2 aliphatic rings. The van der Waals surface area contributed by atoms with Gasteiger partial charge in [-0.1, -0.05) is 24.1 Å². The molecule has 1 fully saturated rings. The Bertz CT molecular complexity index is 1160. The van der Waals surface area contributed by atoms with Crippen molar-refractivity contribution in [1.82, 2.24) is 19.8 Å². The van der Waals surface area contributed by atoms with E-state index in [0.717, 1.165) is 26.2 Å². The van der Waals surface area contributed by atoms with Gasteiger partial charge in [-0.25, -0.2) is 4.79 Å². The van der Waals surface area contributed by atoms with E-state index < -0.39 is 17.5 Å². The third kappa shape index (κ3) is 4.12. The minimum Gasteiger partial charge on any atom is -0.325 e. The maximum atomic E-state index is 13.0. The SMILES string of the molecule is CC#CCN1c2c(n(C)c(=O)[nH]c2=O)N(CC(=O)Nc2ccccc2)C1N1CCNCC1. The standard InChI is InChI=1S/C22H27N7O3/c1-3-4-12-28-18-19(31)25-21(32)26(2)20(18)29(22(28)27-13-10-23-11-14-27)15-17(30)24-16-8-6-5-7-9-16/h5-9,22-23H,10-15H2,1-2H3,(H,24,30)(H,25,31,32). The molecule has 1 unspecified atom stereocenters. The van der Waals surface area contributed by atoms with Crippen LogP contribution in [-0.4, -0.2) is 65.9 Å². The van der Waals surface area contributed by atoms with Crippen molar-refractivity contribution in [3.63, 3.8) is 0 Å². The lowest BCUT2D eigenvalue weighted by Gasteiger charge is -2.41. The van der Waals surface area contributed by atoms with Crippen molar-refractivity contribution in [2.24, 2.45) is 7.05 Å². The van der Waals surface area contributed by atoms with Gasteiger partial charge in [0.25, 0.3) is 5.56 Å². The molecule has 10 nitrogen and oxygen atoms in total. The van der Waals surface area contributed by atoms with E-state index in [2.05, 4.69) is 32.4 Å². The molecular formula is C22H27N7O3. The van der Waals surface area contributed by atoms with Crippen LogP contribution in [0.15, 0.2) is 39.9 Å². The maximum Gasteiger partial charge on any atom is 0.329 e. The number of carbonyl (C=O) groups is 1. The number of nitrogens with one attached hydrogen (secondary N) is 3. The average Bonchev–Trinajstić information content (AvgIpc) is 3.11. The lowest BCUT2D eigenvalue weighted by Crippen LogP contribution is -2.61. The predicted molar refractivity (Wildman–Crippen MR) is 124 cm³/mol. The normalized spacial score (nSPS) is 18.1. The molecule has 0 bridgehead atoms. The quantitative estimate of drug-likeness (QED) is 0.544. The molecule has 168 valence electrons. The summed E-state index contributed by atoms with van der Waals surface area (Å²) in [7, 11) is 1.60. The van der Waals surface area contributed by atoms with E-state index in [-0.39, 0.29) is 12.5 Å². The van der Waals surface area contributed by atoms with Gasteiger partial charge in [0.05, 0.1) is 6.54 Å². The first-order valence-corrected chi connectivity index (χ1v) is 10.6. The van der Waals surface area contributed by atoms with Gasteiger partial charge in [-0.2, -0.15) is 0 Å². The first-order chi connectivity index (χ1) is 15.5. The Hall–Kier alpha value is -3.55. The molecule has 3 N–H and O–H groups in total. The summed E-state index contributed by atoms with van der Waals surface area (Å²) in [5, 5.41) is 6.23. The van der Waals surface area contributed by atoms with Crippen molar-refractivity contribution >= 4 is 23.1 Å². The zero-order chi connectivity index (χ0) is 22.7. The Labute approximate surface area is 185 Å². The van der Waals surface area contributed by atoms with E-state index in [1.54, 1.807) is 14.0 Å². The van der Waals surface area contributed by atoms with Crippen LogP contribution < -0.4 is 31.7 Å².